The van der Waals surface area contributed by atoms with Crippen LogP contribution in [-0.2, 0) is 4.79 Å². The molecule has 0 aromatic heterocycles. The lowest BCUT2D eigenvalue weighted by atomic mass is 9.42. The van der Waals surface area contributed by atoms with Gasteiger partial charge in [-0.15, -0.1) is 0 Å². The highest BCUT2D eigenvalue weighted by Gasteiger charge is 2.61. The minimum absolute atomic E-state index is 0.300. The third-order valence-corrected chi connectivity index (χ3v) is 4.95. The fourth-order valence-corrected chi connectivity index (χ4v) is 3.94. The smallest absolute Gasteiger partial charge is 0.144 e. The molecule has 2 bridgehead atoms. The van der Waals surface area contributed by atoms with Gasteiger partial charge in [0.2, 0.25) is 0 Å². The van der Waals surface area contributed by atoms with E-state index in [-0.39, 0.29) is 0 Å². The van der Waals surface area contributed by atoms with Crippen LogP contribution in [0.4, 0.5) is 0 Å². The predicted molar refractivity (Wildman–Crippen MR) is 60.7 cm³/mol. The Morgan fingerprint density at radius 1 is 1.33 bits per heavy atom. The summed E-state index contributed by atoms with van der Waals surface area (Å²) in [5.41, 5.74) is 0.410. The van der Waals surface area contributed by atoms with Crippen molar-refractivity contribution in [2.45, 2.75) is 27.2 Å². The van der Waals surface area contributed by atoms with Crippen LogP contribution < -0.4 is 4.90 Å². The fourth-order valence-electron chi connectivity index (χ4n) is 3.94. The Morgan fingerprint density at radius 3 is 2.40 bits per heavy atom. The second kappa shape index (κ2) is 3.31. The van der Waals surface area contributed by atoms with E-state index in [0.29, 0.717) is 34.9 Å². The first-order valence-corrected chi connectivity index (χ1v) is 6.18. The number of Topliss-reactive ketones (excluding diaryl/α,β-unsaturated/α-hetero) is 1. The van der Waals surface area contributed by atoms with Gasteiger partial charge in [0.1, 0.15) is 5.78 Å². The van der Waals surface area contributed by atoms with Crippen LogP contribution in [0, 0.1) is 29.1 Å². The van der Waals surface area contributed by atoms with Gasteiger partial charge in [0.15, 0.2) is 0 Å². The lowest BCUT2D eigenvalue weighted by Crippen LogP contribution is -3.07. The van der Waals surface area contributed by atoms with Gasteiger partial charge in [-0.3, -0.25) is 4.79 Å². The van der Waals surface area contributed by atoms with Crippen LogP contribution in [-0.4, -0.2) is 26.4 Å². The van der Waals surface area contributed by atoms with Crippen LogP contribution in [0.15, 0.2) is 0 Å². The summed E-state index contributed by atoms with van der Waals surface area (Å²) in [4.78, 5) is 13.6. The molecule has 15 heavy (non-hydrogen) atoms. The highest BCUT2D eigenvalue weighted by Crippen LogP contribution is 2.61. The molecule has 0 aromatic carbocycles. The molecule has 3 aliphatic rings. The molecule has 3 rings (SSSR count). The zero-order valence-corrected chi connectivity index (χ0v) is 10.6. The molecule has 0 spiro atoms. The van der Waals surface area contributed by atoms with Crippen LogP contribution >= 0.6 is 0 Å². The summed E-state index contributed by atoms with van der Waals surface area (Å²) < 4.78 is 0. The van der Waals surface area contributed by atoms with Crippen molar-refractivity contribution in [3.63, 3.8) is 0 Å². The number of hydrogen-bond donors (Lipinski definition) is 1. The summed E-state index contributed by atoms with van der Waals surface area (Å²) in [6.45, 7) is 7.87. The largest absolute Gasteiger partial charge is 0.339 e. The molecule has 2 heteroatoms. The molecule has 3 aliphatic carbocycles. The van der Waals surface area contributed by atoms with Gasteiger partial charge in [0.25, 0.3) is 0 Å². The van der Waals surface area contributed by atoms with Crippen molar-refractivity contribution in [3.05, 3.63) is 0 Å². The predicted octanol–water partition coefficient (Wildman–Crippen LogP) is 0.628. The first-order valence-electron chi connectivity index (χ1n) is 6.18. The Kier molecular flexibility index (Phi) is 2.45. The van der Waals surface area contributed by atoms with Crippen LogP contribution in [0.5, 0.6) is 0 Å². The van der Waals surface area contributed by atoms with Gasteiger partial charge >= 0.3 is 0 Å². The van der Waals surface area contributed by atoms with E-state index in [0.717, 1.165) is 6.54 Å². The third-order valence-electron chi connectivity index (χ3n) is 4.95. The maximum atomic E-state index is 12.2. The molecule has 0 amide bonds. The molecule has 3 fully saturated rings. The third kappa shape index (κ3) is 1.45. The Balaban J connectivity index is 2.19. The molecule has 0 aromatic rings. The summed E-state index contributed by atoms with van der Waals surface area (Å²) >= 11 is 0. The number of fused-ring (bicyclic) bond motifs is 2. The average Bonchev–Trinajstić information content (AvgIpc) is 2.10. The van der Waals surface area contributed by atoms with Crippen LogP contribution in [0.3, 0.4) is 0 Å². The number of carbonyl (C=O) groups is 1. The number of rotatable bonds is 2. The minimum Gasteiger partial charge on any atom is -0.339 e. The molecule has 1 N–H and O–H groups in total. The Morgan fingerprint density at radius 2 is 1.93 bits per heavy atom. The van der Waals surface area contributed by atoms with Crippen molar-refractivity contribution in [2.75, 3.05) is 20.6 Å². The lowest BCUT2D eigenvalue weighted by Gasteiger charge is -2.61. The second-order valence-electron chi connectivity index (χ2n) is 6.48. The van der Waals surface area contributed by atoms with Gasteiger partial charge in [0.05, 0.1) is 26.6 Å². The Labute approximate surface area is 93.0 Å². The number of nitrogens with one attached hydrogen (secondary N) is 1. The number of carbonyl (C=O) groups excluding carboxylic acids is 1. The zero-order chi connectivity index (χ0) is 11.4. The van der Waals surface area contributed by atoms with E-state index in [4.69, 9.17) is 0 Å². The number of ketones is 1. The first-order chi connectivity index (χ1) is 6.85. The summed E-state index contributed by atoms with van der Waals surface area (Å²) in [5.74, 6) is 2.47. The van der Waals surface area contributed by atoms with E-state index in [1.165, 1.54) is 11.3 Å². The van der Waals surface area contributed by atoms with E-state index in [1.54, 1.807) is 0 Å². The van der Waals surface area contributed by atoms with Gasteiger partial charge in [-0.05, 0) is 23.7 Å². The SMILES string of the molecule is CC1C(=O)C(C[NH+](C)C)C2CC1C2(C)C. The van der Waals surface area contributed by atoms with Crippen molar-refractivity contribution in [1.82, 2.24) is 0 Å². The standard InChI is InChI=1S/C13H23NO/c1-8-10-6-11(13(10,2)3)9(12(8)15)7-14(4)5/h8-11H,6-7H2,1-5H3/p+1. The average molecular weight is 210 g/mol. The van der Waals surface area contributed by atoms with Crippen molar-refractivity contribution in [3.8, 4) is 0 Å². The topological polar surface area (TPSA) is 21.5 Å². The first kappa shape index (κ1) is 11.1. The van der Waals surface area contributed by atoms with Gasteiger partial charge in [-0.1, -0.05) is 20.8 Å². The molecular formula is C13H24NO+. The van der Waals surface area contributed by atoms with Crippen molar-refractivity contribution in [1.29, 1.82) is 0 Å². The number of quaternary nitrogens is 1. The highest BCUT2D eigenvalue weighted by atomic mass is 16.1. The minimum atomic E-state index is 0.300. The summed E-state index contributed by atoms with van der Waals surface area (Å²) in [5, 5.41) is 0. The molecule has 4 unspecified atom stereocenters. The van der Waals surface area contributed by atoms with Gasteiger partial charge in [-0.2, -0.15) is 0 Å². The van der Waals surface area contributed by atoms with Crippen molar-refractivity contribution >= 4 is 5.78 Å². The van der Waals surface area contributed by atoms with Crippen molar-refractivity contribution in [2.24, 2.45) is 29.1 Å². The quantitative estimate of drug-likeness (QED) is 0.709. The van der Waals surface area contributed by atoms with Gasteiger partial charge < -0.3 is 4.90 Å². The highest BCUT2D eigenvalue weighted by molar-refractivity contribution is 5.86. The van der Waals surface area contributed by atoms with E-state index in [9.17, 15) is 4.79 Å². The molecule has 0 saturated heterocycles. The lowest BCUT2D eigenvalue weighted by molar-refractivity contribution is -0.861. The van der Waals surface area contributed by atoms with E-state index >= 15 is 0 Å². The molecule has 86 valence electrons. The Hall–Kier alpha value is -0.370. The molecule has 0 radical (unpaired) electrons. The maximum Gasteiger partial charge on any atom is 0.144 e. The molecule has 3 saturated carbocycles. The Bertz CT molecular complexity index is 282. The van der Waals surface area contributed by atoms with E-state index in [2.05, 4.69) is 34.9 Å². The van der Waals surface area contributed by atoms with Crippen LogP contribution in [0.1, 0.15) is 27.2 Å². The monoisotopic (exact) mass is 210 g/mol. The van der Waals surface area contributed by atoms with Crippen LogP contribution in [0.2, 0.25) is 0 Å². The van der Waals surface area contributed by atoms with Crippen molar-refractivity contribution < 1.29 is 9.69 Å². The van der Waals surface area contributed by atoms with E-state index < -0.39 is 0 Å². The fraction of sp³-hybridized carbons (Fsp3) is 0.923. The molecule has 0 aliphatic heterocycles. The molecular weight excluding hydrogens is 186 g/mol. The van der Waals surface area contributed by atoms with Gasteiger partial charge in [-0.25, -0.2) is 0 Å². The zero-order valence-electron chi connectivity index (χ0n) is 10.6. The summed E-state index contributed by atoms with van der Waals surface area (Å²) in [6, 6.07) is 0. The summed E-state index contributed by atoms with van der Waals surface area (Å²) in [7, 11) is 4.30. The van der Waals surface area contributed by atoms with Crippen LogP contribution in [0.25, 0.3) is 0 Å². The maximum absolute atomic E-state index is 12.2. The summed E-state index contributed by atoms with van der Waals surface area (Å²) in [6.07, 6.45) is 1.29. The van der Waals surface area contributed by atoms with E-state index in [1.807, 2.05) is 0 Å². The number of hydrogen-bond acceptors (Lipinski definition) is 1. The normalized spacial score (nSPS) is 42.9. The molecule has 4 atom stereocenters. The molecule has 0 heterocycles. The second-order valence-corrected chi connectivity index (χ2v) is 6.48. The molecule has 2 nitrogen and oxygen atoms in total. The van der Waals surface area contributed by atoms with Gasteiger partial charge in [0, 0.05) is 5.92 Å².